The van der Waals surface area contributed by atoms with Crippen molar-refractivity contribution in [1.29, 1.82) is 0 Å². The molecule has 0 unspecified atom stereocenters. The third kappa shape index (κ3) is 5.28. The maximum Gasteiger partial charge on any atom is 0.273 e. The van der Waals surface area contributed by atoms with E-state index in [1.54, 1.807) is 38.4 Å². The second-order valence-electron chi connectivity index (χ2n) is 10.7. The molecule has 1 amide bonds. The van der Waals surface area contributed by atoms with Gasteiger partial charge in [0, 0.05) is 46.1 Å². The maximum atomic E-state index is 16.6. The number of benzene rings is 2. The van der Waals surface area contributed by atoms with Crippen LogP contribution < -0.4 is 9.64 Å². The van der Waals surface area contributed by atoms with Crippen LogP contribution in [0.25, 0.3) is 32.9 Å². The normalized spacial score (nSPS) is 13.3. The lowest BCUT2D eigenvalue weighted by Crippen LogP contribution is -2.24. The molecule has 13 heteroatoms. The van der Waals surface area contributed by atoms with Crippen LogP contribution in [0.2, 0.25) is 5.28 Å². The second kappa shape index (κ2) is 11.9. The number of hydrogen-bond donors (Lipinski definition) is 0. The molecule has 6 rings (SSSR count). The van der Waals surface area contributed by atoms with Gasteiger partial charge in [0.05, 0.1) is 17.6 Å². The van der Waals surface area contributed by atoms with Gasteiger partial charge in [-0.1, -0.05) is 13.0 Å². The van der Waals surface area contributed by atoms with Gasteiger partial charge in [0.2, 0.25) is 5.28 Å². The Morgan fingerprint density at radius 1 is 1.14 bits per heavy atom. The zero-order valence-electron chi connectivity index (χ0n) is 24.7. The van der Waals surface area contributed by atoms with E-state index in [0.717, 1.165) is 5.69 Å². The summed E-state index contributed by atoms with van der Waals surface area (Å²) in [4.78, 5) is 29.3. The van der Waals surface area contributed by atoms with Gasteiger partial charge in [0.25, 0.3) is 5.91 Å². The van der Waals surface area contributed by atoms with Crippen LogP contribution in [0.1, 0.15) is 35.1 Å². The van der Waals surface area contributed by atoms with E-state index in [0.29, 0.717) is 77.0 Å². The number of aromatic nitrogens is 5. The summed E-state index contributed by atoms with van der Waals surface area (Å²) < 4.78 is 44.1. The summed E-state index contributed by atoms with van der Waals surface area (Å²) in [6.07, 6.45) is 2.60. The van der Waals surface area contributed by atoms with Gasteiger partial charge in [-0.05, 0) is 65.0 Å². The lowest BCUT2D eigenvalue weighted by Gasteiger charge is -2.23. The van der Waals surface area contributed by atoms with Crippen LogP contribution in [-0.2, 0) is 24.2 Å². The molecule has 0 saturated heterocycles. The van der Waals surface area contributed by atoms with Crippen molar-refractivity contribution in [3.05, 3.63) is 70.4 Å². The maximum absolute atomic E-state index is 16.6. The average molecular weight is 622 g/mol. The highest BCUT2D eigenvalue weighted by Crippen LogP contribution is 2.39. The van der Waals surface area contributed by atoms with E-state index in [1.807, 2.05) is 16.5 Å². The molecule has 5 aromatic rings. The van der Waals surface area contributed by atoms with Crippen molar-refractivity contribution in [2.75, 3.05) is 39.4 Å². The third-order valence-electron chi connectivity index (χ3n) is 7.67. The van der Waals surface area contributed by atoms with Gasteiger partial charge >= 0.3 is 0 Å². The highest BCUT2D eigenvalue weighted by Gasteiger charge is 2.26. The lowest BCUT2D eigenvalue weighted by atomic mass is 9.94. The Bertz CT molecular complexity index is 1910. The average Bonchev–Trinajstić information content (AvgIpc) is 3.30. The number of pyridine rings is 1. The largest absolute Gasteiger partial charge is 0.468 e. The number of methoxy groups -OCH3 is 1. The van der Waals surface area contributed by atoms with Gasteiger partial charge in [-0.15, -0.1) is 0 Å². The smallest absolute Gasteiger partial charge is 0.273 e. The van der Waals surface area contributed by atoms with Crippen LogP contribution in [-0.4, -0.2) is 70.1 Å². The standard InChI is InChI=1S/C31H30ClF2N7O3/c1-5-20-23(33)8-7-17-11-19(44-16-43-4)13-21(25(17)20)27-26(34)28-22(14-35-27)29(37-31(32)36-28)40-9-6-10-41-18(15-40)12-24(38-41)30(42)39(2)3/h7-8,11-14H,5-6,9-10,15-16H2,1-4H3. The van der Waals surface area contributed by atoms with E-state index in [-0.39, 0.29) is 29.2 Å². The van der Waals surface area contributed by atoms with Gasteiger partial charge in [-0.25, -0.2) is 13.8 Å². The third-order valence-corrected chi connectivity index (χ3v) is 7.84. The van der Waals surface area contributed by atoms with Crippen LogP contribution >= 0.6 is 11.6 Å². The number of fused-ring (bicyclic) bond motifs is 3. The summed E-state index contributed by atoms with van der Waals surface area (Å²) in [7, 11) is 4.85. The molecular weight excluding hydrogens is 592 g/mol. The Morgan fingerprint density at radius 2 is 1.95 bits per heavy atom. The number of aryl methyl sites for hydroxylation is 2. The number of carbonyl (C=O) groups excluding carboxylic acids is 1. The molecule has 10 nitrogen and oxygen atoms in total. The zero-order chi connectivity index (χ0) is 31.1. The van der Waals surface area contributed by atoms with Crippen molar-refractivity contribution in [3.8, 4) is 17.0 Å². The number of hydrogen-bond acceptors (Lipinski definition) is 8. The quantitative estimate of drug-likeness (QED) is 0.170. The molecule has 0 N–H and O–H groups in total. The molecule has 1 aliphatic heterocycles. The van der Waals surface area contributed by atoms with Crippen LogP contribution in [0.4, 0.5) is 14.6 Å². The highest BCUT2D eigenvalue weighted by atomic mass is 35.5. The SMILES string of the molecule is CCc1c(F)ccc2cc(OCOC)cc(-c3ncc4c(N5CCCn6nc(C(=O)N(C)C)cc6C5)nc(Cl)nc4c3F)c12. The molecule has 0 bridgehead atoms. The molecule has 2 aromatic carbocycles. The number of amides is 1. The molecule has 0 atom stereocenters. The van der Waals surface area contributed by atoms with Crippen molar-refractivity contribution >= 4 is 45.0 Å². The number of nitrogens with zero attached hydrogens (tertiary/aromatic N) is 7. The van der Waals surface area contributed by atoms with Gasteiger partial charge in [0.15, 0.2) is 18.3 Å². The highest BCUT2D eigenvalue weighted by molar-refractivity contribution is 6.28. The molecule has 0 spiro atoms. The van der Waals surface area contributed by atoms with Crippen LogP contribution in [0.15, 0.2) is 36.5 Å². The molecule has 228 valence electrons. The Kier molecular flexibility index (Phi) is 8.04. The summed E-state index contributed by atoms with van der Waals surface area (Å²) in [5.74, 6) is -0.476. The van der Waals surface area contributed by atoms with Crippen molar-refractivity contribution in [3.63, 3.8) is 0 Å². The minimum atomic E-state index is -0.719. The molecular formula is C31H30ClF2N7O3. The summed E-state index contributed by atoms with van der Waals surface area (Å²) in [5, 5.41) is 5.93. The predicted molar refractivity (Wildman–Crippen MR) is 163 cm³/mol. The van der Waals surface area contributed by atoms with Crippen molar-refractivity contribution in [2.24, 2.45) is 0 Å². The Labute approximate surface area is 257 Å². The Hall–Kier alpha value is -4.42. The summed E-state index contributed by atoms with van der Waals surface area (Å²) in [6, 6.07) is 8.17. The van der Waals surface area contributed by atoms with Crippen molar-refractivity contribution in [2.45, 2.75) is 32.9 Å². The van der Waals surface area contributed by atoms with Crippen molar-refractivity contribution < 1.29 is 23.0 Å². The number of anilines is 1. The van der Waals surface area contributed by atoms with Crippen LogP contribution in [0.5, 0.6) is 5.75 Å². The molecule has 44 heavy (non-hydrogen) atoms. The van der Waals surface area contributed by atoms with E-state index in [1.165, 1.54) is 24.3 Å². The van der Waals surface area contributed by atoms with Crippen molar-refractivity contribution in [1.82, 2.24) is 29.6 Å². The summed E-state index contributed by atoms with van der Waals surface area (Å²) in [5.41, 5.74) is 1.92. The first-order valence-electron chi connectivity index (χ1n) is 14.1. The summed E-state index contributed by atoms with van der Waals surface area (Å²) in [6.45, 7) is 3.36. The number of ether oxygens (including phenoxy) is 2. The first kappa shape index (κ1) is 29.6. The minimum absolute atomic E-state index is 0.0166. The fraction of sp³-hybridized carbons (Fsp3) is 0.323. The number of carbonyl (C=O) groups is 1. The molecule has 1 aliphatic rings. The number of rotatable bonds is 7. The van der Waals surface area contributed by atoms with Gasteiger partial charge in [-0.3, -0.25) is 14.5 Å². The van der Waals surface area contributed by atoms with E-state index >= 15 is 4.39 Å². The minimum Gasteiger partial charge on any atom is -0.468 e. The molecule has 0 aliphatic carbocycles. The number of halogens is 3. The monoisotopic (exact) mass is 621 g/mol. The first-order chi connectivity index (χ1) is 21.2. The Morgan fingerprint density at radius 3 is 2.70 bits per heavy atom. The molecule has 3 aromatic heterocycles. The van der Waals surface area contributed by atoms with Gasteiger partial charge < -0.3 is 19.3 Å². The Balaban J connectivity index is 1.49. The fourth-order valence-corrected chi connectivity index (χ4v) is 5.82. The first-order valence-corrected chi connectivity index (χ1v) is 14.5. The van der Waals surface area contributed by atoms with E-state index in [9.17, 15) is 9.18 Å². The van der Waals surface area contributed by atoms with E-state index in [4.69, 9.17) is 21.1 Å². The topological polar surface area (TPSA) is 98.5 Å². The zero-order valence-corrected chi connectivity index (χ0v) is 25.5. The summed E-state index contributed by atoms with van der Waals surface area (Å²) >= 11 is 6.39. The predicted octanol–water partition coefficient (Wildman–Crippen LogP) is 5.63. The lowest BCUT2D eigenvalue weighted by molar-refractivity contribution is 0.0512. The second-order valence-corrected chi connectivity index (χ2v) is 11.1. The van der Waals surface area contributed by atoms with Gasteiger partial charge in [0.1, 0.15) is 28.6 Å². The fourth-order valence-electron chi connectivity index (χ4n) is 5.65. The molecule has 0 fully saturated rings. The van der Waals surface area contributed by atoms with Crippen LogP contribution in [0.3, 0.4) is 0 Å². The van der Waals surface area contributed by atoms with E-state index < -0.39 is 11.6 Å². The van der Waals surface area contributed by atoms with Gasteiger partial charge in [-0.2, -0.15) is 10.1 Å². The molecule has 0 radical (unpaired) electrons. The van der Waals surface area contributed by atoms with Crippen LogP contribution in [0, 0.1) is 11.6 Å². The van der Waals surface area contributed by atoms with E-state index in [2.05, 4.69) is 20.1 Å². The molecule has 0 saturated carbocycles. The molecule has 4 heterocycles.